The highest BCUT2D eigenvalue weighted by Gasteiger charge is 2.17. The number of esters is 1. The fourth-order valence-electron chi connectivity index (χ4n) is 3.58. The molecule has 1 aromatic heterocycles. The molecule has 0 fully saturated rings. The molecule has 0 spiro atoms. The van der Waals surface area contributed by atoms with Gasteiger partial charge in [-0.15, -0.1) is 10.2 Å². The monoisotopic (exact) mass is 545 g/mol. The van der Waals surface area contributed by atoms with Crippen molar-refractivity contribution in [3.8, 4) is 11.4 Å². The van der Waals surface area contributed by atoms with E-state index in [-0.39, 0.29) is 24.1 Å². The van der Waals surface area contributed by atoms with Crippen molar-refractivity contribution in [2.45, 2.75) is 18.6 Å². The molecule has 10 nitrogen and oxygen atoms in total. The maximum Gasteiger partial charge on any atom is 0.338 e. The molecule has 0 radical (unpaired) electrons. The average Bonchev–Trinajstić information content (AvgIpc) is 3.38. The second-order valence-electron chi connectivity index (χ2n) is 8.12. The van der Waals surface area contributed by atoms with Crippen LogP contribution in [0.2, 0.25) is 0 Å². The lowest BCUT2D eigenvalue weighted by molar-refractivity contribution is -0.113. The number of para-hydroxylation sites is 1. The number of rotatable bonds is 11. The fraction of sp³-hybridized carbons (Fsp3) is 0.179. The van der Waals surface area contributed by atoms with Crippen LogP contribution in [-0.2, 0) is 16.1 Å². The molecular weight excluding hydrogens is 518 g/mol. The van der Waals surface area contributed by atoms with Crippen molar-refractivity contribution < 1.29 is 23.9 Å². The molecule has 0 aliphatic rings. The fourth-order valence-corrected chi connectivity index (χ4v) is 4.35. The summed E-state index contributed by atoms with van der Waals surface area (Å²) >= 11 is 1.22. The van der Waals surface area contributed by atoms with Crippen molar-refractivity contribution in [3.05, 3.63) is 95.8 Å². The standard InChI is InChI=1S/C28H27N5O5S/c1-3-38-27(36)20-9-13-21(14-10-20)30-25(34)18-39-28-32-31-24(33(28)22-7-5-4-6-8-22)17-29-26(35)19-11-15-23(37-2)16-12-19/h4-16H,3,17-18H2,1-2H3,(H,29,35)(H,30,34). The van der Waals surface area contributed by atoms with E-state index >= 15 is 0 Å². The number of amides is 2. The third-order valence-corrected chi connectivity index (χ3v) is 6.42. The van der Waals surface area contributed by atoms with Gasteiger partial charge in [0.25, 0.3) is 5.91 Å². The van der Waals surface area contributed by atoms with Gasteiger partial charge >= 0.3 is 5.97 Å². The summed E-state index contributed by atoms with van der Waals surface area (Å²) in [5.41, 5.74) is 2.25. The molecule has 4 rings (SSSR count). The van der Waals surface area contributed by atoms with E-state index in [0.717, 1.165) is 5.69 Å². The molecule has 3 aromatic carbocycles. The number of ether oxygens (including phenoxy) is 2. The number of hydrogen-bond donors (Lipinski definition) is 2. The number of carbonyl (C=O) groups excluding carboxylic acids is 3. The maximum atomic E-state index is 12.7. The van der Waals surface area contributed by atoms with Crippen LogP contribution in [0, 0.1) is 0 Å². The van der Waals surface area contributed by atoms with Gasteiger partial charge in [0.1, 0.15) is 5.75 Å². The smallest absolute Gasteiger partial charge is 0.338 e. The van der Waals surface area contributed by atoms with Gasteiger partial charge < -0.3 is 20.1 Å². The van der Waals surface area contributed by atoms with E-state index in [4.69, 9.17) is 9.47 Å². The predicted octanol–water partition coefficient (Wildman–Crippen LogP) is 4.11. The largest absolute Gasteiger partial charge is 0.497 e. The topological polar surface area (TPSA) is 124 Å². The number of methoxy groups -OCH3 is 1. The van der Waals surface area contributed by atoms with Crippen molar-refractivity contribution in [1.29, 1.82) is 0 Å². The zero-order valence-corrected chi connectivity index (χ0v) is 22.2. The van der Waals surface area contributed by atoms with Crippen LogP contribution in [0.1, 0.15) is 33.5 Å². The van der Waals surface area contributed by atoms with Crippen LogP contribution in [0.3, 0.4) is 0 Å². The number of nitrogens with one attached hydrogen (secondary N) is 2. The first-order valence-electron chi connectivity index (χ1n) is 12.1. The summed E-state index contributed by atoms with van der Waals surface area (Å²) in [6.07, 6.45) is 0. The number of aromatic nitrogens is 3. The molecule has 2 amide bonds. The van der Waals surface area contributed by atoms with Crippen LogP contribution in [0.4, 0.5) is 5.69 Å². The minimum atomic E-state index is -0.415. The summed E-state index contributed by atoms with van der Waals surface area (Å²) in [4.78, 5) is 37.1. The Labute approximate surface area is 229 Å². The molecule has 0 saturated heterocycles. The third-order valence-electron chi connectivity index (χ3n) is 5.49. The molecular formula is C28H27N5O5S. The van der Waals surface area contributed by atoms with E-state index in [2.05, 4.69) is 20.8 Å². The van der Waals surface area contributed by atoms with Crippen LogP contribution in [0.25, 0.3) is 5.69 Å². The molecule has 0 unspecified atom stereocenters. The number of hydrogen-bond acceptors (Lipinski definition) is 8. The number of thioether (sulfide) groups is 1. The van der Waals surface area contributed by atoms with E-state index in [1.54, 1.807) is 67.1 Å². The van der Waals surface area contributed by atoms with Crippen LogP contribution in [0.15, 0.2) is 84.0 Å². The minimum Gasteiger partial charge on any atom is -0.497 e. The van der Waals surface area contributed by atoms with Crippen LogP contribution in [0.5, 0.6) is 5.75 Å². The van der Waals surface area contributed by atoms with Gasteiger partial charge in [-0.2, -0.15) is 0 Å². The number of carbonyl (C=O) groups is 3. The summed E-state index contributed by atoms with van der Waals surface area (Å²) < 4.78 is 11.9. The molecule has 200 valence electrons. The Morgan fingerprint density at radius 1 is 0.897 bits per heavy atom. The number of anilines is 1. The SMILES string of the molecule is CCOC(=O)c1ccc(NC(=O)CSc2nnc(CNC(=O)c3ccc(OC)cc3)n2-c2ccccc2)cc1. The van der Waals surface area contributed by atoms with Gasteiger partial charge in [0.15, 0.2) is 11.0 Å². The van der Waals surface area contributed by atoms with Crippen LogP contribution < -0.4 is 15.4 Å². The summed E-state index contributed by atoms with van der Waals surface area (Å²) in [6.45, 7) is 2.16. The predicted molar refractivity (Wildman–Crippen MR) is 147 cm³/mol. The second-order valence-corrected chi connectivity index (χ2v) is 9.06. The van der Waals surface area contributed by atoms with Gasteiger partial charge in [-0.3, -0.25) is 14.2 Å². The van der Waals surface area contributed by atoms with Gasteiger partial charge in [0, 0.05) is 16.9 Å². The molecule has 0 atom stereocenters. The Balaban J connectivity index is 1.42. The highest BCUT2D eigenvalue weighted by molar-refractivity contribution is 7.99. The Hall–Kier alpha value is -4.64. The Morgan fingerprint density at radius 3 is 2.26 bits per heavy atom. The summed E-state index contributed by atoms with van der Waals surface area (Å²) in [7, 11) is 1.56. The lowest BCUT2D eigenvalue weighted by Gasteiger charge is -2.11. The zero-order chi connectivity index (χ0) is 27.6. The van der Waals surface area contributed by atoms with E-state index in [0.29, 0.717) is 40.2 Å². The van der Waals surface area contributed by atoms with Gasteiger partial charge in [0.2, 0.25) is 5.91 Å². The first-order chi connectivity index (χ1) is 19.0. The van der Waals surface area contributed by atoms with Crippen molar-refractivity contribution >= 4 is 35.2 Å². The van der Waals surface area contributed by atoms with E-state index in [9.17, 15) is 14.4 Å². The highest BCUT2D eigenvalue weighted by Crippen LogP contribution is 2.23. The van der Waals surface area contributed by atoms with Crippen LogP contribution in [-0.4, -0.2) is 52.0 Å². The van der Waals surface area contributed by atoms with Gasteiger partial charge in [-0.05, 0) is 67.6 Å². The minimum absolute atomic E-state index is 0.0722. The summed E-state index contributed by atoms with van der Waals surface area (Å²) in [5, 5.41) is 14.7. The van der Waals surface area contributed by atoms with E-state index < -0.39 is 5.97 Å². The quantitative estimate of drug-likeness (QED) is 0.213. The molecule has 1 heterocycles. The Kier molecular flexibility index (Phi) is 9.30. The molecule has 0 aliphatic carbocycles. The third kappa shape index (κ3) is 7.23. The van der Waals surface area contributed by atoms with Crippen molar-refractivity contribution in [1.82, 2.24) is 20.1 Å². The molecule has 0 aliphatic heterocycles. The molecule has 0 saturated carbocycles. The normalized spacial score (nSPS) is 10.5. The maximum absolute atomic E-state index is 12.7. The number of benzene rings is 3. The Morgan fingerprint density at radius 2 is 1.59 bits per heavy atom. The molecule has 39 heavy (non-hydrogen) atoms. The molecule has 0 bridgehead atoms. The van der Waals surface area contributed by atoms with Gasteiger partial charge in [-0.1, -0.05) is 30.0 Å². The van der Waals surface area contributed by atoms with E-state index in [1.807, 2.05) is 30.3 Å². The average molecular weight is 546 g/mol. The van der Waals surface area contributed by atoms with Gasteiger partial charge in [0.05, 0.1) is 31.6 Å². The van der Waals surface area contributed by atoms with Gasteiger partial charge in [-0.25, -0.2) is 4.79 Å². The Bertz CT molecular complexity index is 1420. The lowest BCUT2D eigenvalue weighted by atomic mass is 10.2. The summed E-state index contributed by atoms with van der Waals surface area (Å²) in [6, 6.07) is 22.7. The van der Waals surface area contributed by atoms with Crippen molar-refractivity contribution in [2.75, 3.05) is 24.8 Å². The molecule has 11 heteroatoms. The summed E-state index contributed by atoms with van der Waals surface area (Å²) in [5.74, 6) is 0.323. The van der Waals surface area contributed by atoms with E-state index in [1.165, 1.54) is 11.8 Å². The van der Waals surface area contributed by atoms with Crippen LogP contribution >= 0.6 is 11.8 Å². The highest BCUT2D eigenvalue weighted by atomic mass is 32.2. The van der Waals surface area contributed by atoms with Crippen molar-refractivity contribution in [2.24, 2.45) is 0 Å². The van der Waals surface area contributed by atoms with Crippen molar-refractivity contribution in [3.63, 3.8) is 0 Å². The first-order valence-corrected chi connectivity index (χ1v) is 13.1. The number of nitrogens with zero attached hydrogens (tertiary/aromatic N) is 3. The molecule has 2 N–H and O–H groups in total. The lowest BCUT2D eigenvalue weighted by Crippen LogP contribution is -2.24. The molecule has 4 aromatic rings. The first kappa shape index (κ1) is 27.4. The second kappa shape index (κ2) is 13.2. The zero-order valence-electron chi connectivity index (χ0n) is 21.4.